The SMILES string of the molecule is [CH2]CC(O)C(=O)CCCCCCCCCCCCCCC. The minimum Gasteiger partial charge on any atom is -0.385 e. The van der Waals surface area contributed by atoms with Gasteiger partial charge in [-0.25, -0.2) is 0 Å². The van der Waals surface area contributed by atoms with E-state index in [0.717, 1.165) is 12.8 Å². The van der Waals surface area contributed by atoms with Crippen molar-refractivity contribution in [2.24, 2.45) is 0 Å². The zero-order valence-corrected chi connectivity index (χ0v) is 14.2. The first-order valence-corrected chi connectivity index (χ1v) is 9.22. The Kier molecular flexibility index (Phi) is 15.7. The van der Waals surface area contributed by atoms with Gasteiger partial charge >= 0.3 is 0 Å². The molecular weight excluding hydrogens is 260 g/mol. The Labute approximate surface area is 132 Å². The van der Waals surface area contributed by atoms with E-state index < -0.39 is 6.10 Å². The first-order valence-electron chi connectivity index (χ1n) is 9.22. The van der Waals surface area contributed by atoms with Crippen LogP contribution >= 0.6 is 0 Å². The molecule has 0 bridgehead atoms. The second-order valence-corrected chi connectivity index (χ2v) is 6.26. The third-order valence-electron chi connectivity index (χ3n) is 4.17. The Morgan fingerprint density at radius 1 is 0.810 bits per heavy atom. The summed E-state index contributed by atoms with van der Waals surface area (Å²) in [5, 5.41) is 9.31. The number of ketones is 1. The number of Topliss-reactive ketones (excluding diaryl/α,β-unsaturated/α-hetero) is 1. The first-order chi connectivity index (χ1) is 10.2. The Morgan fingerprint density at radius 2 is 1.19 bits per heavy atom. The molecule has 0 saturated carbocycles. The molecule has 21 heavy (non-hydrogen) atoms. The summed E-state index contributed by atoms with van der Waals surface area (Å²) in [7, 11) is 0. The molecule has 0 aliphatic carbocycles. The average Bonchev–Trinajstić information content (AvgIpc) is 2.50. The highest BCUT2D eigenvalue weighted by Crippen LogP contribution is 2.13. The summed E-state index contributed by atoms with van der Waals surface area (Å²) in [6.45, 7) is 5.81. The fourth-order valence-electron chi connectivity index (χ4n) is 2.64. The molecule has 0 aliphatic heterocycles. The predicted octanol–water partition coefficient (Wildman–Crippen LogP) is 5.62. The molecule has 2 nitrogen and oxygen atoms in total. The van der Waals surface area contributed by atoms with Crippen molar-refractivity contribution < 1.29 is 9.90 Å². The van der Waals surface area contributed by atoms with Crippen molar-refractivity contribution in [1.82, 2.24) is 0 Å². The number of unbranched alkanes of at least 4 members (excludes halogenated alkanes) is 12. The van der Waals surface area contributed by atoms with Gasteiger partial charge in [0.2, 0.25) is 0 Å². The van der Waals surface area contributed by atoms with Crippen LogP contribution < -0.4 is 0 Å². The number of rotatable bonds is 16. The van der Waals surface area contributed by atoms with Crippen molar-refractivity contribution in [3.8, 4) is 0 Å². The molecule has 125 valence electrons. The average molecular weight is 298 g/mol. The monoisotopic (exact) mass is 297 g/mol. The summed E-state index contributed by atoms with van der Waals surface area (Å²) >= 11 is 0. The van der Waals surface area contributed by atoms with E-state index in [9.17, 15) is 9.90 Å². The van der Waals surface area contributed by atoms with Gasteiger partial charge in [-0.2, -0.15) is 0 Å². The normalized spacial score (nSPS) is 12.5. The number of carbonyl (C=O) groups excluding carboxylic acids is 1. The Hall–Kier alpha value is -0.370. The van der Waals surface area contributed by atoms with Crippen molar-refractivity contribution in [2.45, 2.75) is 109 Å². The van der Waals surface area contributed by atoms with E-state index in [-0.39, 0.29) is 5.78 Å². The maximum absolute atomic E-state index is 11.4. The van der Waals surface area contributed by atoms with Crippen LogP contribution in [0.3, 0.4) is 0 Å². The molecule has 0 saturated heterocycles. The summed E-state index contributed by atoms with van der Waals surface area (Å²) in [6.07, 6.45) is 17.0. The van der Waals surface area contributed by atoms with Gasteiger partial charge in [-0.3, -0.25) is 4.79 Å². The third-order valence-corrected chi connectivity index (χ3v) is 4.17. The fourth-order valence-corrected chi connectivity index (χ4v) is 2.64. The van der Waals surface area contributed by atoms with E-state index in [2.05, 4.69) is 13.8 Å². The van der Waals surface area contributed by atoms with Crippen LogP contribution in [-0.2, 0) is 4.79 Å². The Bertz CT molecular complexity index is 226. The smallest absolute Gasteiger partial charge is 0.161 e. The lowest BCUT2D eigenvalue weighted by Crippen LogP contribution is -2.18. The minimum absolute atomic E-state index is 0.0342. The fraction of sp³-hybridized carbons (Fsp3) is 0.895. The molecule has 0 aliphatic rings. The quantitative estimate of drug-likeness (QED) is 0.375. The molecule has 1 atom stereocenters. The number of hydrogen-bond donors (Lipinski definition) is 1. The second kappa shape index (κ2) is 16.0. The molecule has 1 unspecified atom stereocenters. The lowest BCUT2D eigenvalue weighted by atomic mass is 10.0. The van der Waals surface area contributed by atoms with Crippen LogP contribution in [0.15, 0.2) is 0 Å². The molecule has 2 heteroatoms. The standard InChI is InChI=1S/C19H37O2/c1-3-5-6-7-8-9-10-11-12-13-14-15-16-17-19(21)18(20)4-2/h18,20H,2-17H2,1H3. The van der Waals surface area contributed by atoms with Gasteiger partial charge in [0.15, 0.2) is 5.78 Å². The molecule has 0 aromatic heterocycles. The predicted molar refractivity (Wildman–Crippen MR) is 91.3 cm³/mol. The Morgan fingerprint density at radius 3 is 1.57 bits per heavy atom. The molecule has 0 heterocycles. The molecule has 1 radical (unpaired) electrons. The highest BCUT2D eigenvalue weighted by Gasteiger charge is 2.11. The highest BCUT2D eigenvalue weighted by molar-refractivity contribution is 5.82. The molecule has 0 fully saturated rings. The van der Waals surface area contributed by atoms with Crippen LogP contribution in [0.5, 0.6) is 0 Å². The molecule has 0 spiro atoms. The maximum Gasteiger partial charge on any atom is 0.161 e. The third kappa shape index (κ3) is 14.3. The van der Waals surface area contributed by atoms with Crippen LogP contribution in [-0.4, -0.2) is 17.0 Å². The van der Waals surface area contributed by atoms with E-state index in [1.165, 1.54) is 70.6 Å². The minimum atomic E-state index is -0.831. The van der Waals surface area contributed by atoms with Crippen LogP contribution in [0.2, 0.25) is 0 Å². The van der Waals surface area contributed by atoms with Crippen molar-refractivity contribution in [3.05, 3.63) is 6.92 Å². The van der Waals surface area contributed by atoms with E-state index >= 15 is 0 Å². The highest BCUT2D eigenvalue weighted by atomic mass is 16.3. The zero-order chi connectivity index (χ0) is 15.8. The number of carbonyl (C=O) groups is 1. The topological polar surface area (TPSA) is 37.3 Å². The van der Waals surface area contributed by atoms with Crippen LogP contribution in [0.4, 0.5) is 0 Å². The van der Waals surface area contributed by atoms with Crippen molar-refractivity contribution in [1.29, 1.82) is 0 Å². The van der Waals surface area contributed by atoms with Gasteiger partial charge < -0.3 is 5.11 Å². The van der Waals surface area contributed by atoms with Gasteiger partial charge in [0.05, 0.1) is 0 Å². The lowest BCUT2D eigenvalue weighted by molar-refractivity contribution is -0.127. The maximum atomic E-state index is 11.4. The van der Waals surface area contributed by atoms with Crippen LogP contribution in [0.1, 0.15) is 103 Å². The van der Waals surface area contributed by atoms with Crippen LogP contribution in [0, 0.1) is 6.92 Å². The summed E-state index contributed by atoms with van der Waals surface area (Å²) in [6, 6.07) is 0. The van der Waals surface area contributed by atoms with E-state index in [1.54, 1.807) is 0 Å². The largest absolute Gasteiger partial charge is 0.385 e. The Balaban J connectivity index is 3.11. The van der Waals surface area contributed by atoms with Gasteiger partial charge in [-0.05, 0) is 12.8 Å². The molecule has 0 rings (SSSR count). The summed E-state index contributed by atoms with van der Waals surface area (Å²) in [4.78, 5) is 11.4. The van der Waals surface area contributed by atoms with Crippen molar-refractivity contribution in [3.63, 3.8) is 0 Å². The van der Waals surface area contributed by atoms with E-state index in [0.29, 0.717) is 12.8 Å². The summed E-state index contributed by atoms with van der Waals surface area (Å²) in [5.41, 5.74) is 0. The summed E-state index contributed by atoms with van der Waals surface area (Å²) in [5.74, 6) is -0.0342. The molecule has 0 aromatic carbocycles. The number of hydrogen-bond acceptors (Lipinski definition) is 2. The molecule has 1 N–H and O–H groups in total. The lowest BCUT2D eigenvalue weighted by Gasteiger charge is -2.06. The van der Waals surface area contributed by atoms with Crippen molar-refractivity contribution in [2.75, 3.05) is 0 Å². The van der Waals surface area contributed by atoms with E-state index in [4.69, 9.17) is 0 Å². The van der Waals surface area contributed by atoms with Crippen LogP contribution in [0.25, 0.3) is 0 Å². The van der Waals surface area contributed by atoms with Gasteiger partial charge in [-0.15, -0.1) is 0 Å². The second-order valence-electron chi connectivity index (χ2n) is 6.26. The van der Waals surface area contributed by atoms with E-state index in [1.807, 2.05) is 0 Å². The number of aliphatic hydroxyl groups excluding tert-OH is 1. The zero-order valence-electron chi connectivity index (χ0n) is 14.2. The summed E-state index contributed by atoms with van der Waals surface area (Å²) < 4.78 is 0. The van der Waals surface area contributed by atoms with Gasteiger partial charge in [0.25, 0.3) is 0 Å². The number of aliphatic hydroxyl groups is 1. The molecule has 0 amide bonds. The van der Waals surface area contributed by atoms with Crippen molar-refractivity contribution >= 4 is 5.78 Å². The van der Waals surface area contributed by atoms with Gasteiger partial charge in [-0.1, -0.05) is 90.9 Å². The molecular formula is C19H37O2. The van der Waals surface area contributed by atoms with Gasteiger partial charge in [0, 0.05) is 6.42 Å². The molecule has 0 aromatic rings. The van der Waals surface area contributed by atoms with Gasteiger partial charge in [0.1, 0.15) is 6.10 Å². The first kappa shape index (κ1) is 20.6.